The van der Waals surface area contributed by atoms with Gasteiger partial charge in [0.25, 0.3) is 6.29 Å². The van der Waals surface area contributed by atoms with E-state index in [1.807, 2.05) is 6.92 Å². The van der Waals surface area contributed by atoms with Gasteiger partial charge in [-0.2, -0.15) is 13.2 Å². The third-order valence-corrected chi connectivity index (χ3v) is 1.05. The molecule has 0 heterocycles. The molecule has 11 heavy (non-hydrogen) atoms. The zero-order valence-electron chi connectivity index (χ0n) is 6.19. The van der Waals surface area contributed by atoms with Gasteiger partial charge < -0.3 is 9.84 Å². The van der Waals surface area contributed by atoms with Crippen molar-refractivity contribution < 1.29 is 23.0 Å². The third-order valence-electron chi connectivity index (χ3n) is 1.05. The molecule has 0 fully saturated rings. The predicted octanol–water partition coefficient (Wildman–Crippen LogP) is 1.68. The maximum atomic E-state index is 11.5. The molecule has 0 radical (unpaired) electrons. The van der Waals surface area contributed by atoms with Crippen molar-refractivity contribution in [3.8, 4) is 0 Å². The normalized spacial score (nSPS) is 15.0. The third kappa shape index (κ3) is 5.03. The molecule has 0 aromatic heterocycles. The van der Waals surface area contributed by atoms with Gasteiger partial charge in [0.05, 0.1) is 6.61 Å². The fourth-order valence-electron chi connectivity index (χ4n) is 0.434. The maximum Gasteiger partial charge on any atom is 0.439 e. The van der Waals surface area contributed by atoms with E-state index >= 15 is 0 Å². The molecule has 2 nitrogen and oxygen atoms in total. The van der Waals surface area contributed by atoms with Crippen molar-refractivity contribution in [2.45, 2.75) is 32.2 Å². The van der Waals surface area contributed by atoms with Crippen LogP contribution in [0.3, 0.4) is 0 Å². The molecule has 0 aromatic rings. The molecule has 1 atom stereocenters. The summed E-state index contributed by atoms with van der Waals surface area (Å²) in [5.41, 5.74) is 0. The van der Waals surface area contributed by atoms with E-state index in [1.54, 1.807) is 0 Å². The van der Waals surface area contributed by atoms with Gasteiger partial charge in [-0.05, 0) is 6.42 Å². The Morgan fingerprint density at radius 3 is 2.36 bits per heavy atom. The fraction of sp³-hybridized carbons (Fsp3) is 1.00. The summed E-state index contributed by atoms with van der Waals surface area (Å²) < 4.78 is 38.6. The van der Waals surface area contributed by atoms with Gasteiger partial charge >= 0.3 is 6.18 Å². The van der Waals surface area contributed by atoms with Crippen LogP contribution in [0.4, 0.5) is 13.2 Å². The van der Waals surface area contributed by atoms with E-state index < -0.39 is 12.5 Å². The molecule has 0 amide bonds. The standard InChI is InChI=1S/C6H11F3O2/c1-2-3-4-11-5(10)6(7,8)9/h5,10H,2-4H2,1H3/t5-/m1/s1. The lowest BCUT2D eigenvalue weighted by atomic mass is 10.4. The first-order valence-electron chi connectivity index (χ1n) is 3.35. The highest BCUT2D eigenvalue weighted by molar-refractivity contribution is 4.52. The molecule has 0 aromatic carbocycles. The number of aliphatic hydroxyl groups excluding tert-OH is 1. The van der Waals surface area contributed by atoms with Crippen molar-refractivity contribution in [3.05, 3.63) is 0 Å². The Bertz CT molecular complexity index is 102. The number of unbranched alkanes of at least 4 members (excludes halogenated alkanes) is 1. The monoisotopic (exact) mass is 172 g/mol. The SMILES string of the molecule is CCCCO[C@@H](O)C(F)(F)F. The number of hydrogen-bond donors (Lipinski definition) is 1. The van der Waals surface area contributed by atoms with Crippen LogP contribution in [0.1, 0.15) is 19.8 Å². The highest BCUT2D eigenvalue weighted by Crippen LogP contribution is 2.20. The molecule has 0 saturated heterocycles. The quantitative estimate of drug-likeness (QED) is 0.516. The fourth-order valence-corrected chi connectivity index (χ4v) is 0.434. The van der Waals surface area contributed by atoms with Crippen LogP contribution in [0.15, 0.2) is 0 Å². The summed E-state index contributed by atoms with van der Waals surface area (Å²) in [6.07, 6.45) is -6.03. The van der Waals surface area contributed by atoms with Gasteiger partial charge in [-0.1, -0.05) is 13.3 Å². The molecule has 1 N–H and O–H groups in total. The second kappa shape index (κ2) is 4.56. The van der Waals surface area contributed by atoms with Crippen LogP contribution in [0.5, 0.6) is 0 Å². The molecule has 0 bridgehead atoms. The lowest BCUT2D eigenvalue weighted by Gasteiger charge is -2.14. The second-order valence-electron chi connectivity index (χ2n) is 2.12. The molecule has 0 aliphatic rings. The Morgan fingerprint density at radius 1 is 1.45 bits per heavy atom. The van der Waals surface area contributed by atoms with Gasteiger partial charge in [0.15, 0.2) is 0 Å². The lowest BCUT2D eigenvalue weighted by Crippen LogP contribution is -2.31. The number of ether oxygens (including phenoxy) is 1. The van der Waals surface area contributed by atoms with E-state index in [0.717, 1.165) is 6.42 Å². The summed E-state index contributed by atoms with van der Waals surface area (Å²) in [6, 6.07) is 0. The van der Waals surface area contributed by atoms with Crippen molar-refractivity contribution >= 4 is 0 Å². The van der Waals surface area contributed by atoms with E-state index in [4.69, 9.17) is 5.11 Å². The van der Waals surface area contributed by atoms with Gasteiger partial charge in [0.1, 0.15) is 0 Å². The summed E-state index contributed by atoms with van der Waals surface area (Å²) in [5, 5.41) is 8.27. The summed E-state index contributed by atoms with van der Waals surface area (Å²) in [7, 11) is 0. The Kier molecular flexibility index (Phi) is 4.44. The van der Waals surface area contributed by atoms with Crippen LogP contribution < -0.4 is 0 Å². The van der Waals surface area contributed by atoms with E-state index in [2.05, 4.69) is 4.74 Å². The Morgan fingerprint density at radius 2 is 2.00 bits per heavy atom. The summed E-state index contributed by atoms with van der Waals surface area (Å²) in [5.74, 6) is 0. The molecular formula is C6H11F3O2. The summed E-state index contributed by atoms with van der Waals surface area (Å²) >= 11 is 0. The maximum absolute atomic E-state index is 11.5. The summed E-state index contributed by atoms with van der Waals surface area (Å²) in [4.78, 5) is 0. The molecule has 0 aliphatic heterocycles. The number of hydrogen-bond acceptors (Lipinski definition) is 2. The highest BCUT2D eigenvalue weighted by atomic mass is 19.4. The largest absolute Gasteiger partial charge is 0.439 e. The van der Waals surface area contributed by atoms with E-state index in [0.29, 0.717) is 6.42 Å². The van der Waals surface area contributed by atoms with Crippen molar-refractivity contribution in [1.82, 2.24) is 0 Å². The lowest BCUT2D eigenvalue weighted by molar-refractivity contribution is -0.293. The first-order chi connectivity index (χ1) is 4.98. The molecule has 0 spiro atoms. The van der Waals surface area contributed by atoms with Crippen LogP contribution in [0.2, 0.25) is 0 Å². The summed E-state index contributed by atoms with van der Waals surface area (Å²) in [6.45, 7) is 1.76. The smallest absolute Gasteiger partial charge is 0.361 e. The van der Waals surface area contributed by atoms with Crippen LogP contribution in [-0.4, -0.2) is 24.2 Å². The average molecular weight is 172 g/mol. The molecule has 0 rings (SSSR count). The van der Waals surface area contributed by atoms with Gasteiger partial charge in [0, 0.05) is 0 Å². The topological polar surface area (TPSA) is 29.5 Å². The molecule has 0 saturated carbocycles. The first kappa shape index (κ1) is 10.7. The number of rotatable bonds is 4. The minimum absolute atomic E-state index is 0.0584. The van der Waals surface area contributed by atoms with E-state index in [9.17, 15) is 13.2 Å². The zero-order valence-corrected chi connectivity index (χ0v) is 6.19. The van der Waals surface area contributed by atoms with Gasteiger partial charge in [-0.25, -0.2) is 0 Å². The predicted molar refractivity (Wildman–Crippen MR) is 32.9 cm³/mol. The molecule has 68 valence electrons. The average Bonchev–Trinajstić information content (AvgIpc) is 1.86. The number of aliphatic hydroxyl groups is 1. The number of halogens is 3. The van der Waals surface area contributed by atoms with E-state index in [1.165, 1.54) is 0 Å². The van der Waals surface area contributed by atoms with Crippen LogP contribution in [0.25, 0.3) is 0 Å². The molecule has 0 aliphatic carbocycles. The minimum Gasteiger partial charge on any atom is -0.361 e. The Labute approximate surface area is 63.0 Å². The van der Waals surface area contributed by atoms with Gasteiger partial charge in [0.2, 0.25) is 0 Å². The van der Waals surface area contributed by atoms with E-state index in [-0.39, 0.29) is 6.61 Å². The first-order valence-corrected chi connectivity index (χ1v) is 3.35. The molecule has 5 heteroatoms. The van der Waals surface area contributed by atoms with Gasteiger partial charge in [-0.15, -0.1) is 0 Å². The highest BCUT2D eigenvalue weighted by Gasteiger charge is 2.39. The Hall–Kier alpha value is -0.290. The second-order valence-corrected chi connectivity index (χ2v) is 2.12. The van der Waals surface area contributed by atoms with Crippen molar-refractivity contribution in [2.24, 2.45) is 0 Å². The van der Waals surface area contributed by atoms with Gasteiger partial charge in [-0.3, -0.25) is 0 Å². The molecule has 0 unspecified atom stereocenters. The minimum atomic E-state index is -4.66. The van der Waals surface area contributed by atoms with Crippen LogP contribution in [-0.2, 0) is 4.74 Å². The molecular weight excluding hydrogens is 161 g/mol. The van der Waals surface area contributed by atoms with Crippen molar-refractivity contribution in [3.63, 3.8) is 0 Å². The number of alkyl halides is 3. The van der Waals surface area contributed by atoms with Crippen molar-refractivity contribution in [2.75, 3.05) is 6.61 Å². The van der Waals surface area contributed by atoms with Crippen LogP contribution in [0, 0.1) is 0 Å². The van der Waals surface area contributed by atoms with Crippen molar-refractivity contribution in [1.29, 1.82) is 0 Å². The Balaban J connectivity index is 3.44. The van der Waals surface area contributed by atoms with Crippen LogP contribution >= 0.6 is 0 Å². The zero-order chi connectivity index (χ0) is 8.91.